The molecule has 0 saturated carbocycles. The Kier molecular flexibility index (Phi) is 6.17. The van der Waals surface area contributed by atoms with Gasteiger partial charge in [0.25, 0.3) is 11.8 Å². The molecule has 3 rings (SSSR count). The van der Waals surface area contributed by atoms with Crippen LogP contribution in [0.4, 0.5) is 9.59 Å². The minimum Gasteiger partial charge on any atom is -0.504 e. The van der Waals surface area contributed by atoms with Crippen molar-refractivity contribution >= 4 is 46.0 Å². The number of hydrazine groups is 1. The van der Waals surface area contributed by atoms with Crippen molar-refractivity contribution in [3.63, 3.8) is 0 Å². The van der Waals surface area contributed by atoms with E-state index >= 15 is 0 Å². The van der Waals surface area contributed by atoms with Gasteiger partial charge in [-0.2, -0.15) is 8.42 Å². The maximum atomic E-state index is 12.4. The number of carboxylic acid groups (broad SMARTS) is 1. The Balaban J connectivity index is 1.61. The molecule has 2 aliphatic heterocycles. The summed E-state index contributed by atoms with van der Waals surface area (Å²) < 4.78 is 26.3. The summed E-state index contributed by atoms with van der Waals surface area (Å²) in [5, 5.41) is 29.6. The van der Waals surface area contributed by atoms with Gasteiger partial charge in [0.15, 0.2) is 11.5 Å². The van der Waals surface area contributed by atoms with E-state index in [2.05, 4.69) is 5.43 Å². The van der Waals surface area contributed by atoms with Crippen molar-refractivity contribution in [2.24, 2.45) is 0 Å². The second-order valence-corrected chi connectivity index (χ2v) is 8.44. The summed E-state index contributed by atoms with van der Waals surface area (Å²) in [4.78, 5) is 71.5. The Labute approximate surface area is 189 Å². The number of hydrogen-bond donors (Lipinski definition) is 6. The molecular weight excluding hydrogens is 484 g/mol. The number of urea groups is 1. The molecule has 7 amide bonds. The number of carbonyl (C=O) groups is 6. The second-order valence-electron chi connectivity index (χ2n) is 6.84. The van der Waals surface area contributed by atoms with Gasteiger partial charge >= 0.3 is 34.1 Å². The third-order valence-electron chi connectivity index (χ3n) is 4.63. The second kappa shape index (κ2) is 8.73. The van der Waals surface area contributed by atoms with Crippen LogP contribution >= 0.6 is 0 Å². The van der Waals surface area contributed by atoms with Gasteiger partial charge < -0.3 is 20.6 Å². The van der Waals surface area contributed by atoms with Gasteiger partial charge in [0.1, 0.15) is 6.04 Å². The molecule has 2 saturated heterocycles. The first-order valence-electron chi connectivity index (χ1n) is 9.16. The van der Waals surface area contributed by atoms with Gasteiger partial charge in [-0.05, 0) is 18.2 Å². The quantitative estimate of drug-likeness (QED) is 0.134. The standard InChI is InChI=1S/C16H16N6O11S/c23-9-2-1-7(5-10(9)24)11(25)18-21-3-4-22(14(28)13(21)27)34(32,33)19-15(29)20-6-8(12(20)26)17-16(30)31/h1-2,5,8,17,23-24H,3-4,6H2,(H,18,25)(H,19,29)(H,30,31)/t8-/m0/s1. The summed E-state index contributed by atoms with van der Waals surface area (Å²) in [6.45, 7) is -1.64. The van der Waals surface area contributed by atoms with Gasteiger partial charge in [0.2, 0.25) is 0 Å². The van der Waals surface area contributed by atoms with Gasteiger partial charge in [-0.1, -0.05) is 0 Å². The minimum atomic E-state index is -4.93. The lowest BCUT2D eigenvalue weighted by atomic mass is 10.1. The average molecular weight is 500 g/mol. The molecule has 1 aromatic rings. The van der Waals surface area contributed by atoms with Crippen LogP contribution in [0.5, 0.6) is 11.5 Å². The fourth-order valence-corrected chi connectivity index (χ4v) is 3.95. The Morgan fingerprint density at radius 2 is 1.68 bits per heavy atom. The van der Waals surface area contributed by atoms with Crippen LogP contribution in [0, 0.1) is 0 Å². The van der Waals surface area contributed by atoms with Gasteiger partial charge in [0.05, 0.1) is 19.6 Å². The first-order chi connectivity index (χ1) is 15.8. The number of imide groups is 1. The van der Waals surface area contributed by atoms with Crippen LogP contribution in [-0.2, 0) is 24.6 Å². The number of nitrogens with one attached hydrogen (secondary N) is 3. The highest BCUT2D eigenvalue weighted by atomic mass is 32.2. The van der Waals surface area contributed by atoms with Crippen LogP contribution < -0.4 is 15.5 Å². The van der Waals surface area contributed by atoms with Crippen molar-refractivity contribution in [1.82, 2.24) is 29.7 Å². The Bertz CT molecular complexity index is 1220. The van der Waals surface area contributed by atoms with Crippen molar-refractivity contribution in [2.75, 3.05) is 19.6 Å². The minimum absolute atomic E-state index is 0.0273. The molecule has 1 atom stereocenters. The summed E-state index contributed by atoms with van der Waals surface area (Å²) >= 11 is 0. The number of phenolic OH excluding ortho intramolecular Hbond substituents is 2. The molecule has 182 valence electrons. The third kappa shape index (κ3) is 4.60. The van der Waals surface area contributed by atoms with E-state index in [4.69, 9.17) is 5.11 Å². The zero-order valence-electron chi connectivity index (χ0n) is 16.8. The number of amides is 7. The molecule has 2 heterocycles. The van der Waals surface area contributed by atoms with Crippen LogP contribution in [0.3, 0.4) is 0 Å². The van der Waals surface area contributed by atoms with E-state index in [0.29, 0.717) is 9.91 Å². The van der Waals surface area contributed by atoms with E-state index in [1.54, 1.807) is 0 Å². The molecule has 0 unspecified atom stereocenters. The van der Waals surface area contributed by atoms with E-state index in [1.807, 2.05) is 5.32 Å². The number of rotatable bonds is 5. The van der Waals surface area contributed by atoms with Crippen LogP contribution in [0.2, 0.25) is 0 Å². The molecule has 6 N–H and O–H groups in total. The average Bonchev–Trinajstić information content (AvgIpc) is 2.74. The van der Waals surface area contributed by atoms with Gasteiger partial charge in [-0.15, -0.1) is 0 Å². The smallest absolute Gasteiger partial charge is 0.405 e. The molecule has 0 aliphatic carbocycles. The van der Waals surface area contributed by atoms with E-state index in [0.717, 1.165) is 18.2 Å². The Morgan fingerprint density at radius 3 is 2.26 bits per heavy atom. The molecule has 34 heavy (non-hydrogen) atoms. The molecular formula is C16H16N6O11S. The van der Waals surface area contributed by atoms with Crippen molar-refractivity contribution in [3.8, 4) is 11.5 Å². The largest absolute Gasteiger partial charge is 0.504 e. The molecule has 17 nitrogen and oxygen atoms in total. The van der Waals surface area contributed by atoms with Crippen molar-refractivity contribution in [1.29, 1.82) is 0 Å². The number of benzene rings is 1. The number of nitrogens with zero attached hydrogens (tertiary/aromatic N) is 3. The van der Waals surface area contributed by atoms with E-state index in [1.165, 1.54) is 4.72 Å². The predicted octanol–water partition coefficient (Wildman–Crippen LogP) is -3.15. The molecule has 1 aromatic carbocycles. The normalized spacial score (nSPS) is 18.3. The lowest BCUT2D eigenvalue weighted by molar-refractivity contribution is -0.154. The number of β-lactam (4-membered cyclic amide) rings is 1. The number of carbonyl (C=O) groups excluding carboxylic acids is 5. The zero-order chi connectivity index (χ0) is 25.4. The summed E-state index contributed by atoms with van der Waals surface area (Å²) in [5.74, 6) is -6.19. The monoisotopic (exact) mass is 500 g/mol. The highest BCUT2D eigenvalue weighted by molar-refractivity contribution is 7.88. The van der Waals surface area contributed by atoms with Crippen molar-refractivity contribution in [2.45, 2.75) is 6.04 Å². The van der Waals surface area contributed by atoms with E-state index < -0.39 is 83.1 Å². The molecule has 0 aromatic heterocycles. The van der Waals surface area contributed by atoms with Crippen molar-refractivity contribution in [3.05, 3.63) is 23.8 Å². The number of phenols is 2. The topological polar surface area (TPSA) is 243 Å². The van der Waals surface area contributed by atoms with Crippen LogP contribution in [0.25, 0.3) is 0 Å². The molecule has 0 radical (unpaired) electrons. The molecule has 2 fully saturated rings. The SMILES string of the molecule is O=C(O)N[C@H]1CN(C(=O)NS(=O)(=O)N2CCN(NC(=O)c3ccc(O)c(O)c3)C(=O)C2=O)C1=O. The fraction of sp³-hybridized carbons (Fsp3) is 0.250. The lowest BCUT2D eigenvalue weighted by Gasteiger charge is -2.37. The summed E-state index contributed by atoms with van der Waals surface area (Å²) in [6, 6.07) is 0.308. The summed E-state index contributed by atoms with van der Waals surface area (Å²) in [6.07, 6.45) is -1.53. The lowest BCUT2D eigenvalue weighted by Crippen LogP contribution is -2.68. The summed E-state index contributed by atoms with van der Waals surface area (Å²) in [7, 11) is -4.93. The number of likely N-dealkylation sites (tertiary alicyclic amines) is 1. The fourth-order valence-electron chi connectivity index (χ4n) is 2.89. The van der Waals surface area contributed by atoms with Gasteiger partial charge in [-0.25, -0.2) is 23.6 Å². The molecule has 0 bridgehead atoms. The Morgan fingerprint density at radius 1 is 1.00 bits per heavy atom. The predicted molar refractivity (Wildman–Crippen MR) is 105 cm³/mol. The maximum absolute atomic E-state index is 12.4. The zero-order valence-corrected chi connectivity index (χ0v) is 17.6. The maximum Gasteiger partial charge on any atom is 0.405 e. The highest BCUT2D eigenvalue weighted by Crippen LogP contribution is 2.24. The number of hydrogen-bond acceptors (Lipinski definition) is 10. The van der Waals surface area contributed by atoms with Gasteiger partial charge in [-0.3, -0.25) is 29.5 Å². The highest BCUT2D eigenvalue weighted by Gasteiger charge is 2.45. The number of aromatic hydroxyl groups is 2. The van der Waals surface area contributed by atoms with Crippen LogP contribution in [0.15, 0.2) is 18.2 Å². The van der Waals surface area contributed by atoms with Gasteiger partial charge in [0, 0.05) is 5.56 Å². The van der Waals surface area contributed by atoms with Crippen molar-refractivity contribution < 1.29 is 52.5 Å². The van der Waals surface area contributed by atoms with E-state index in [9.17, 15) is 47.4 Å². The Hall–Kier alpha value is -4.61. The van der Waals surface area contributed by atoms with Crippen LogP contribution in [0.1, 0.15) is 10.4 Å². The number of piperazine rings is 1. The first kappa shape index (κ1) is 24.0. The first-order valence-corrected chi connectivity index (χ1v) is 10.6. The third-order valence-corrected chi connectivity index (χ3v) is 6.00. The molecule has 18 heteroatoms. The molecule has 0 spiro atoms. The van der Waals surface area contributed by atoms with Crippen LogP contribution in [-0.4, -0.2) is 99.4 Å². The summed E-state index contributed by atoms with van der Waals surface area (Å²) in [5.41, 5.74) is 1.86. The molecule has 2 aliphatic rings. The van der Waals surface area contributed by atoms with E-state index in [-0.39, 0.29) is 9.87 Å².